The molecule has 0 fully saturated rings. The molecule has 0 spiro atoms. The van der Waals surface area contributed by atoms with E-state index in [1.165, 1.54) is 0 Å². The average molecular weight is 305 g/mol. The molecule has 116 valence electrons. The Labute approximate surface area is 112 Å². The summed E-state index contributed by atoms with van der Waals surface area (Å²) in [5.41, 5.74) is 0. The molecule has 1 N–H and O–H groups in total. The van der Waals surface area contributed by atoms with E-state index >= 15 is 0 Å². The van der Waals surface area contributed by atoms with Crippen LogP contribution in [0.3, 0.4) is 0 Å². The summed E-state index contributed by atoms with van der Waals surface area (Å²) in [5, 5.41) is 8.91. The lowest BCUT2D eigenvalue weighted by Crippen LogP contribution is -2.42. The summed E-state index contributed by atoms with van der Waals surface area (Å²) >= 11 is 0. The Kier molecular flexibility index (Phi) is 7.92. The maximum absolute atomic E-state index is 12.0. The molecule has 0 aromatic heterocycles. The molecular formula is C11H22F3NO3S. The summed E-state index contributed by atoms with van der Waals surface area (Å²) < 4.78 is 61.2. The third-order valence-electron chi connectivity index (χ3n) is 2.89. The van der Waals surface area contributed by atoms with Crippen molar-refractivity contribution >= 4 is 10.0 Å². The largest absolute Gasteiger partial charge is 0.395 e. The van der Waals surface area contributed by atoms with Crippen LogP contribution in [0.5, 0.6) is 0 Å². The van der Waals surface area contributed by atoms with Crippen LogP contribution in [-0.4, -0.2) is 49.0 Å². The molecule has 0 aliphatic heterocycles. The first kappa shape index (κ1) is 18.7. The molecule has 8 heteroatoms. The number of hydrogen-bond donors (Lipinski definition) is 1. The number of sulfonamides is 1. The van der Waals surface area contributed by atoms with Crippen molar-refractivity contribution in [2.45, 2.75) is 51.7 Å². The lowest BCUT2D eigenvalue weighted by molar-refractivity contribution is -0.134. The molecule has 0 aliphatic carbocycles. The van der Waals surface area contributed by atoms with E-state index in [4.69, 9.17) is 5.11 Å². The first-order valence-corrected chi connectivity index (χ1v) is 7.96. The third-order valence-corrected chi connectivity index (χ3v) is 4.89. The Bertz CT molecular complexity index is 340. The lowest BCUT2D eigenvalue weighted by atomic mass is 10.2. The van der Waals surface area contributed by atoms with Crippen LogP contribution < -0.4 is 0 Å². The van der Waals surface area contributed by atoms with Crippen molar-refractivity contribution in [3.8, 4) is 0 Å². The van der Waals surface area contributed by atoms with E-state index in [1.54, 1.807) is 0 Å². The molecule has 0 radical (unpaired) electrons. The Morgan fingerprint density at radius 3 is 2.11 bits per heavy atom. The minimum absolute atomic E-state index is 0.0688. The molecule has 0 aliphatic rings. The first-order valence-electron chi connectivity index (χ1n) is 6.35. The maximum atomic E-state index is 12.0. The second-order valence-electron chi connectivity index (χ2n) is 4.34. The van der Waals surface area contributed by atoms with Gasteiger partial charge in [-0.25, -0.2) is 8.42 Å². The van der Waals surface area contributed by atoms with Gasteiger partial charge >= 0.3 is 6.18 Å². The van der Waals surface area contributed by atoms with Crippen LogP contribution in [0.1, 0.15) is 39.5 Å². The maximum Gasteiger partial charge on any atom is 0.389 e. The molecule has 0 aromatic carbocycles. The Balaban J connectivity index is 4.70. The zero-order valence-electron chi connectivity index (χ0n) is 11.3. The van der Waals surface area contributed by atoms with Crippen LogP contribution in [0.4, 0.5) is 13.2 Å². The number of rotatable bonds is 9. The predicted octanol–water partition coefficient (Wildman–Crippen LogP) is 2.14. The number of aliphatic hydroxyl groups is 1. The van der Waals surface area contributed by atoms with Crippen molar-refractivity contribution in [3.63, 3.8) is 0 Å². The molecule has 0 aromatic rings. The van der Waals surface area contributed by atoms with Crippen molar-refractivity contribution in [1.29, 1.82) is 0 Å². The molecule has 0 saturated carbocycles. The predicted molar refractivity (Wildman–Crippen MR) is 67.2 cm³/mol. The van der Waals surface area contributed by atoms with Gasteiger partial charge in [0.2, 0.25) is 10.0 Å². The van der Waals surface area contributed by atoms with Gasteiger partial charge in [0.25, 0.3) is 0 Å². The quantitative estimate of drug-likeness (QED) is 0.710. The molecule has 4 nitrogen and oxygen atoms in total. The van der Waals surface area contributed by atoms with Crippen molar-refractivity contribution in [2.75, 3.05) is 18.9 Å². The average Bonchev–Trinajstić information content (AvgIpc) is 2.27. The lowest BCUT2D eigenvalue weighted by Gasteiger charge is -2.29. The fourth-order valence-electron chi connectivity index (χ4n) is 1.92. The second-order valence-corrected chi connectivity index (χ2v) is 6.38. The van der Waals surface area contributed by atoms with E-state index in [9.17, 15) is 21.6 Å². The van der Waals surface area contributed by atoms with Crippen molar-refractivity contribution in [2.24, 2.45) is 0 Å². The highest BCUT2D eigenvalue weighted by molar-refractivity contribution is 7.89. The van der Waals surface area contributed by atoms with Gasteiger partial charge in [0.15, 0.2) is 0 Å². The van der Waals surface area contributed by atoms with E-state index in [0.717, 1.165) is 4.31 Å². The molecule has 0 saturated heterocycles. The van der Waals surface area contributed by atoms with Gasteiger partial charge < -0.3 is 5.11 Å². The van der Waals surface area contributed by atoms with Crippen molar-refractivity contribution in [1.82, 2.24) is 4.31 Å². The van der Waals surface area contributed by atoms with Crippen LogP contribution in [-0.2, 0) is 10.0 Å². The summed E-state index contributed by atoms with van der Waals surface area (Å²) in [6, 6.07) is -0.275. The van der Waals surface area contributed by atoms with Crippen LogP contribution in [0.15, 0.2) is 0 Å². The zero-order chi connectivity index (χ0) is 15.1. The summed E-state index contributed by atoms with van der Waals surface area (Å²) in [5.74, 6) is -0.539. The van der Waals surface area contributed by atoms with Gasteiger partial charge in [0.05, 0.1) is 12.4 Å². The molecule has 0 bridgehead atoms. The number of aliphatic hydroxyl groups excluding tert-OH is 1. The number of alkyl halides is 3. The highest BCUT2D eigenvalue weighted by Crippen LogP contribution is 2.23. The number of halogens is 3. The zero-order valence-corrected chi connectivity index (χ0v) is 12.1. The van der Waals surface area contributed by atoms with Gasteiger partial charge in [-0.3, -0.25) is 0 Å². The van der Waals surface area contributed by atoms with Gasteiger partial charge in [-0.2, -0.15) is 17.5 Å². The van der Waals surface area contributed by atoms with Crippen LogP contribution in [0.2, 0.25) is 0 Å². The Morgan fingerprint density at radius 1 is 1.21 bits per heavy atom. The topological polar surface area (TPSA) is 57.6 Å². The summed E-state index contributed by atoms with van der Waals surface area (Å²) in [7, 11) is -3.76. The fraction of sp³-hybridized carbons (Fsp3) is 1.00. The SMILES string of the molecule is CCC(CC)N(CCO)S(=O)(=O)CCCC(F)(F)F. The van der Waals surface area contributed by atoms with Gasteiger partial charge in [-0.1, -0.05) is 13.8 Å². The molecule has 0 atom stereocenters. The van der Waals surface area contributed by atoms with E-state index in [2.05, 4.69) is 0 Å². The molecule has 0 amide bonds. The van der Waals surface area contributed by atoms with Gasteiger partial charge in [0, 0.05) is 19.0 Å². The van der Waals surface area contributed by atoms with Crippen molar-refractivity contribution in [3.05, 3.63) is 0 Å². The van der Waals surface area contributed by atoms with E-state index in [1.807, 2.05) is 13.8 Å². The number of nitrogens with zero attached hydrogens (tertiary/aromatic N) is 1. The fourth-order valence-corrected chi connectivity index (χ4v) is 3.77. The van der Waals surface area contributed by atoms with E-state index in [-0.39, 0.29) is 19.2 Å². The normalized spacial score (nSPS) is 13.5. The monoisotopic (exact) mass is 305 g/mol. The van der Waals surface area contributed by atoms with Gasteiger partial charge in [-0.05, 0) is 19.3 Å². The van der Waals surface area contributed by atoms with E-state index in [0.29, 0.717) is 12.8 Å². The molecule has 0 unspecified atom stereocenters. The van der Waals surface area contributed by atoms with Crippen LogP contribution >= 0.6 is 0 Å². The molecule has 0 rings (SSSR count). The minimum Gasteiger partial charge on any atom is -0.395 e. The van der Waals surface area contributed by atoms with Gasteiger partial charge in [-0.15, -0.1) is 0 Å². The smallest absolute Gasteiger partial charge is 0.389 e. The number of hydrogen-bond acceptors (Lipinski definition) is 3. The summed E-state index contributed by atoms with van der Waals surface area (Å²) in [6.07, 6.45) is -4.77. The highest BCUT2D eigenvalue weighted by Gasteiger charge is 2.31. The molecule has 19 heavy (non-hydrogen) atoms. The molecule has 0 heterocycles. The standard InChI is InChI=1S/C11H22F3NO3S/c1-3-10(4-2)15(7-8-16)19(17,18)9-5-6-11(12,13)14/h10,16H,3-9H2,1-2H3. The Hall–Kier alpha value is -0.340. The summed E-state index contributed by atoms with van der Waals surface area (Å²) in [4.78, 5) is 0. The van der Waals surface area contributed by atoms with E-state index < -0.39 is 34.8 Å². The Morgan fingerprint density at radius 2 is 1.74 bits per heavy atom. The summed E-state index contributed by atoms with van der Waals surface area (Å²) in [6.45, 7) is 3.21. The van der Waals surface area contributed by atoms with Gasteiger partial charge in [0.1, 0.15) is 0 Å². The van der Waals surface area contributed by atoms with Crippen molar-refractivity contribution < 1.29 is 26.7 Å². The first-order chi connectivity index (χ1) is 8.68. The second kappa shape index (κ2) is 8.06. The van der Waals surface area contributed by atoms with Crippen LogP contribution in [0.25, 0.3) is 0 Å². The third kappa shape index (κ3) is 7.12. The minimum atomic E-state index is -4.34. The highest BCUT2D eigenvalue weighted by atomic mass is 32.2. The molecular weight excluding hydrogens is 283 g/mol. The van der Waals surface area contributed by atoms with Crippen LogP contribution in [0, 0.1) is 0 Å².